The van der Waals surface area contributed by atoms with Gasteiger partial charge < -0.3 is 19.5 Å². The Morgan fingerprint density at radius 1 is 1.20 bits per heavy atom. The van der Waals surface area contributed by atoms with Gasteiger partial charge in [-0.1, -0.05) is 24.3 Å². The summed E-state index contributed by atoms with van der Waals surface area (Å²) in [5.41, 5.74) is 3.15. The topological polar surface area (TPSA) is 71.0 Å². The number of piperidine rings is 1. The van der Waals surface area contributed by atoms with Crippen LogP contribution in [0, 0.1) is 0 Å². The Hall–Kier alpha value is -2.62. The number of aromatic nitrogens is 2. The van der Waals surface area contributed by atoms with Gasteiger partial charge in [0, 0.05) is 31.5 Å². The molecule has 9 heteroatoms. The molecule has 0 amide bonds. The first-order chi connectivity index (χ1) is 19.4. The predicted molar refractivity (Wildman–Crippen MR) is 146 cm³/mol. The number of nitrogens with zero attached hydrogens (tertiary/aromatic N) is 4. The lowest BCUT2D eigenvalue weighted by Gasteiger charge is -2.40. The third kappa shape index (κ3) is 3.56. The van der Waals surface area contributed by atoms with E-state index < -0.39 is 11.6 Å². The van der Waals surface area contributed by atoms with Gasteiger partial charge in [0.1, 0.15) is 24.4 Å². The van der Waals surface area contributed by atoms with E-state index in [-0.39, 0.29) is 35.6 Å². The fourth-order valence-electron chi connectivity index (χ4n) is 8.68. The normalized spacial score (nSPS) is 36.4. The molecular weight excluding hydrogens is 514 g/mol. The Morgan fingerprint density at radius 3 is 2.98 bits per heavy atom. The molecule has 1 aromatic heterocycles. The molecule has 2 aromatic rings. The molecule has 0 bridgehead atoms. The van der Waals surface area contributed by atoms with E-state index in [0.717, 1.165) is 47.6 Å². The molecule has 4 aliphatic heterocycles. The summed E-state index contributed by atoms with van der Waals surface area (Å²) >= 11 is 0. The number of aliphatic hydroxyl groups is 1. The second-order valence-electron chi connectivity index (χ2n) is 12.8. The second kappa shape index (κ2) is 8.94. The van der Waals surface area contributed by atoms with Gasteiger partial charge in [-0.15, -0.1) is 0 Å². The SMILES string of the molecule is CC1=C(F)C2(Cc3nc(OC[C@@]45CCCN4C[C@H](F)C5)nc4c3C(C2)OCC2CC(O)CCN42)c2ccccc21. The van der Waals surface area contributed by atoms with Crippen LogP contribution < -0.4 is 9.64 Å². The van der Waals surface area contributed by atoms with Gasteiger partial charge in [0.05, 0.1) is 41.5 Å². The van der Waals surface area contributed by atoms with Gasteiger partial charge in [0.15, 0.2) is 0 Å². The number of hydrogen-bond acceptors (Lipinski definition) is 7. The average molecular weight is 551 g/mol. The van der Waals surface area contributed by atoms with Crippen molar-refractivity contribution in [2.45, 2.75) is 87.2 Å². The molecule has 5 heterocycles. The summed E-state index contributed by atoms with van der Waals surface area (Å²) in [6.45, 7) is 4.65. The van der Waals surface area contributed by atoms with Crippen LogP contribution in [-0.4, -0.2) is 76.7 Å². The van der Waals surface area contributed by atoms with Gasteiger partial charge >= 0.3 is 6.01 Å². The minimum Gasteiger partial charge on any atom is -0.461 e. The zero-order valence-electron chi connectivity index (χ0n) is 22.9. The highest BCUT2D eigenvalue weighted by Gasteiger charge is 2.53. The molecule has 0 radical (unpaired) electrons. The quantitative estimate of drug-likeness (QED) is 0.606. The summed E-state index contributed by atoms with van der Waals surface area (Å²) in [5, 5.41) is 10.5. The van der Waals surface area contributed by atoms with Crippen LogP contribution in [0.15, 0.2) is 30.1 Å². The van der Waals surface area contributed by atoms with Gasteiger partial charge in [-0.25, -0.2) is 8.78 Å². The van der Waals surface area contributed by atoms with Gasteiger partial charge in [-0.2, -0.15) is 9.97 Å². The van der Waals surface area contributed by atoms with Crippen molar-refractivity contribution in [2.75, 3.05) is 37.7 Å². The van der Waals surface area contributed by atoms with Gasteiger partial charge in [-0.3, -0.25) is 4.90 Å². The van der Waals surface area contributed by atoms with Crippen molar-refractivity contribution in [3.8, 4) is 6.01 Å². The zero-order valence-corrected chi connectivity index (χ0v) is 22.9. The van der Waals surface area contributed by atoms with E-state index in [1.165, 1.54) is 0 Å². The largest absolute Gasteiger partial charge is 0.461 e. The molecular formula is C31H36F2N4O3. The van der Waals surface area contributed by atoms with E-state index in [9.17, 15) is 9.50 Å². The van der Waals surface area contributed by atoms with Crippen molar-refractivity contribution in [2.24, 2.45) is 0 Å². The lowest BCUT2D eigenvalue weighted by atomic mass is 9.68. The Bertz CT molecular complexity index is 1400. The fourth-order valence-corrected chi connectivity index (χ4v) is 8.68. The smallest absolute Gasteiger partial charge is 0.318 e. The summed E-state index contributed by atoms with van der Waals surface area (Å²) in [4.78, 5) is 14.4. The van der Waals surface area contributed by atoms with Crippen molar-refractivity contribution in [1.29, 1.82) is 0 Å². The van der Waals surface area contributed by atoms with Crippen LogP contribution >= 0.6 is 0 Å². The molecule has 3 fully saturated rings. The molecule has 8 rings (SSSR count). The first-order valence-electron chi connectivity index (χ1n) is 14.8. The number of aliphatic hydroxyl groups excluding tert-OH is 1. The fraction of sp³-hybridized carbons (Fsp3) is 0.613. The first-order valence-corrected chi connectivity index (χ1v) is 14.8. The number of allylic oxidation sites excluding steroid dienone is 2. The van der Waals surface area contributed by atoms with Crippen molar-refractivity contribution in [1.82, 2.24) is 14.9 Å². The molecule has 1 N–H and O–H groups in total. The van der Waals surface area contributed by atoms with E-state index >= 15 is 4.39 Å². The number of ether oxygens (including phenoxy) is 2. The van der Waals surface area contributed by atoms with Crippen LogP contribution in [0.5, 0.6) is 6.01 Å². The molecule has 2 aliphatic carbocycles. The highest BCUT2D eigenvalue weighted by Crippen LogP contribution is 2.58. The van der Waals surface area contributed by atoms with Crippen LogP contribution in [-0.2, 0) is 16.6 Å². The molecule has 3 saturated heterocycles. The summed E-state index contributed by atoms with van der Waals surface area (Å²) in [6.07, 6.45) is 2.96. The van der Waals surface area contributed by atoms with E-state index in [1.54, 1.807) is 0 Å². The van der Waals surface area contributed by atoms with E-state index in [1.807, 2.05) is 31.2 Å². The molecule has 4 unspecified atom stereocenters. The molecule has 0 saturated carbocycles. The van der Waals surface area contributed by atoms with Gasteiger partial charge in [0.2, 0.25) is 0 Å². The van der Waals surface area contributed by atoms with Gasteiger partial charge in [-0.05, 0) is 62.3 Å². The first kappa shape index (κ1) is 25.1. The van der Waals surface area contributed by atoms with Crippen molar-refractivity contribution in [3.05, 3.63) is 52.5 Å². The highest BCUT2D eigenvalue weighted by atomic mass is 19.1. The molecule has 1 spiro atoms. The predicted octanol–water partition coefficient (Wildman–Crippen LogP) is 4.43. The standard InChI is InChI=1S/C31H36F2N4O3/c1-18-22-5-2-3-6-23(22)31(27(18)33)13-24-26-25(14-31)39-16-20-11-21(38)7-10-37(20)28(26)35-29(34-24)40-17-30-8-4-9-36(30)15-19(32)12-30/h2-3,5-6,19-21,25,38H,4,7-17H2,1H3/t19-,20?,21?,25?,30+,31?/m1/s1. The lowest BCUT2D eigenvalue weighted by molar-refractivity contribution is 0.00940. The summed E-state index contributed by atoms with van der Waals surface area (Å²) < 4.78 is 43.7. The van der Waals surface area contributed by atoms with Crippen LogP contribution in [0.4, 0.5) is 14.6 Å². The molecule has 6 aliphatic rings. The lowest BCUT2D eigenvalue weighted by Crippen LogP contribution is -2.46. The number of hydrogen-bond donors (Lipinski definition) is 1. The summed E-state index contributed by atoms with van der Waals surface area (Å²) in [5.74, 6) is 0.681. The maximum absolute atomic E-state index is 16.3. The zero-order chi connectivity index (χ0) is 27.2. The number of halogens is 2. The maximum Gasteiger partial charge on any atom is 0.318 e. The monoisotopic (exact) mass is 550 g/mol. The van der Waals surface area contributed by atoms with Crippen LogP contribution in [0.1, 0.15) is 73.9 Å². The molecule has 6 atom stereocenters. The number of benzene rings is 1. The van der Waals surface area contributed by atoms with Crippen LogP contribution in [0.2, 0.25) is 0 Å². The second-order valence-corrected chi connectivity index (χ2v) is 12.8. The number of anilines is 1. The number of alkyl halides is 1. The van der Waals surface area contributed by atoms with E-state index in [4.69, 9.17) is 19.4 Å². The third-order valence-electron chi connectivity index (χ3n) is 10.6. The molecule has 212 valence electrons. The number of fused-ring (bicyclic) bond motifs is 5. The third-order valence-corrected chi connectivity index (χ3v) is 10.6. The van der Waals surface area contributed by atoms with Crippen LogP contribution in [0.25, 0.3) is 5.57 Å². The van der Waals surface area contributed by atoms with Crippen molar-refractivity contribution in [3.63, 3.8) is 0 Å². The van der Waals surface area contributed by atoms with Crippen molar-refractivity contribution >= 4 is 11.4 Å². The van der Waals surface area contributed by atoms with Crippen molar-refractivity contribution < 1.29 is 23.4 Å². The highest BCUT2D eigenvalue weighted by molar-refractivity contribution is 5.78. The minimum atomic E-state index is -0.848. The Labute approximate surface area is 233 Å². The van der Waals surface area contributed by atoms with E-state index in [2.05, 4.69) is 9.80 Å². The maximum atomic E-state index is 16.3. The molecule has 40 heavy (non-hydrogen) atoms. The average Bonchev–Trinajstić information content (AvgIpc) is 3.50. The minimum absolute atomic E-state index is 0.0267. The molecule has 1 aromatic carbocycles. The number of rotatable bonds is 3. The van der Waals surface area contributed by atoms with E-state index in [0.29, 0.717) is 64.0 Å². The molecule has 7 nitrogen and oxygen atoms in total. The Morgan fingerprint density at radius 2 is 2.08 bits per heavy atom. The van der Waals surface area contributed by atoms with Gasteiger partial charge in [0.25, 0.3) is 0 Å². The van der Waals surface area contributed by atoms with Crippen LogP contribution in [0.3, 0.4) is 0 Å². The summed E-state index contributed by atoms with van der Waals surface area (Å²) in [7, 11) is 0. The Balaban J connectivity index is 1.22. The summed E-state index contributed by atoms with van der Waals surface area (Å²) in [6, 6.07) is 8.21. The Kier molecular flexibility index (Phi) is 5.61.